The van der Waals surface area contributed by atoms with Gasteiger partial charge < -0.3 is 9.73 Å². The van der Waals surface area contributed by atoms with E-state index in [1.807, 2.05) is 19.9 Å². The van der Waals surface area contributed by atoms with Gasteiger partial charge in [-0.2, -0.15) is 0 Å². The van der Waals surface area contributed by atoms with Crippen LogP contribution in [0.5, 0.6) is 0 Å². The Morgan fingerprint density at radius 1 is 1.32 bits per heavy atom. The second kappa shape index (κ2) is 5.57. The van der Waals surface area contributed by atoms with Crippen molar-refractivity contribution in [2.24, 2.45) is 0 Å². The first kappa shape index (κ1) is 13.8. The molecule has 100 valence electrons. The first-order chi connectivity index (χ1) is 8.95. The van der Waals surface area contributed by atoms with Gasteiger partial charge in [0.05, 0.1) is 0 Å². The Hall–Kier alpha value is -1.62. The van der Waals surface area contributed by atoms with Gasteiger partial charge >= 0.3 is 0 Å². The summed E-state index contributed by atoms with van der Waals surface area (Å²) in [6.07, 6.45) is 0. The van der Waals surface area contributed by atoms with Crippen LogP contribution in [-0.4, -0.2) is 5.91 Å². The van der Waals surface area contributed by atoms with Crippen LogP contribution in [-0.2, 0) is 6.54 Å². The monoisotopic (exact) mass is 325 g/mol. The Morgan fingerprint density at radius 3 is 2.63 bits per heavy atom. The van der Waals surface area contributed by atoms with E-state index < -0.39 is 5.82 Å². The second-order valence-electron chi connectivity index (χ2n) is 4.28. The lowest BCUT2D eigenvalue weighted by Gasteiger charge is -2.05. The maximum absolute atomic E-state index is 13.2. The minimum Gasteiger partial charge on any atom is -0.466 e. The number of hydrogen-bond donors (Lipinski definition) is 1. The second-order valence-corrected chi connectivity index (χ2v) is 5.19. The Morgan fingerprint density at radius 2 is 2.05 bits per heavy atom. The van der Waals surface area contributed by atoms with E-state index in [4.69, 9.17) is 4.42 Å². The summed E-state index contributed by atoms with van der Waals surface area (Å²) in [5.41, 5.74) is 1.20. The van der Waals surface area contributed by atoms with Crippen LogP contribution in [0.25, 0.3) is 0 Å². The van der Waals surface area contributed by atoms with Crippen molar-refractivity contribution in [2.45, 2.75) is 20.4 Å². The molecule has 19 heavy (non-hydrogen) atoms. The van der Waals surface area contributed by atoms with E-state index in [0.29, 0.717) is 11.0 Å². The average molecular weight is 326 g/mol. The first-order valence-corrected chi connectivity index (χ1v) is 6.55. The zero-order chi connectivity index (χ0) is 14.0. The lowest BCUT2D eigenvalue weighted by atomic mass is 10.2. The molecule has 1 N–H and O–H groups in total. The van der Waals surface area contributed by atoms with Gasteiger partial charge in [0.1, 0.15) is 17.3 Å². The molecule has 0 spiro atoms. The van der Waals surface area contributed by atoms with Crippen molar-refractivity contribution < 1.29 is 13.6 Å². The SMILES string of the molecule is Cc1cc(CNC(=O)c2cc(F)cc(Br)c2)c(C)o1. The molecule has 0 aliphatic carbocycles. The van der Waals surface area contributed by atoms with Crippen molar-refractivity contribution in [3.63, 3.8) is 0 Å². The highest BCUT2D eigenvalue weighted by Crippen LogP contribution is 2.16. The molecule has 0 unspecified atom stereocenters. The smallest absolute Gasteiger partial charge is 0.251 e. The number of rotatable bonds is 3. The minimum atomic E-state index is -0.449. The Kier molecular flexibility index (Phi) is 4.04. The van der Waals surface area contributed by atoms with Crippen molar-refractivity contribution in [3.05, 3.63) is 57.2 Å². The van der Waals surface area contributed by atoms with E-state index in [0.717, 1.165) is 17.1 Å². The van der Waals surface area contributed by atoms with Crippen molar-refractivity contribution >= 4 is 21.8 Å². The third-order valence-electron chi connectivity index (χ3n) is 2.71. The molecule has 0 saturated heterocycles. The zero-order valence-electron chi connectivity index (χ0n) is 10.6. The molecule has 2 aromatic rings. The molecule has 1 heterocycles. The fraction of sp³-hybridized carbons (Fsp3) is 0.214. The van der Waals surface area contributed by atoms with Crippen LogP contribution < -0.4 is 5.32 Å². The highest BCUT2D eigenvalue weighted by Gasteiger charge is 2.10. The van der Waals surface area contributed by atoms with E-state index in [9.17, 15) is 9.18 Å². The Bertz CT molecular complexity index is 602. The van der Waals surface area contributed by atoms with Crippen molar-refractivity contribution in [3.8, 4) is 0 Å². The quantitative estimate of drug-likeness (QED) is 0.934. The summed E-state index contributed by atoms with van der Waals surface area (Å²) in [7, 11) is 0. The molecule has 2 rings (SSSR count). The number of benzene rings is 1. The van der Waals surface area contributed by atoms with Gasteiger partial charge in [0.15, 0.2) is 0 Å². The number of amides is 1. The number of halogens is 2. The van der Waals surface area contributed by atoms with E-state index in [-0.39, 0.29) is 11.5 Å². The lowest BCUT2D eigenvalue weighted by molar-refractivity contribution is 0.0950. The van der Waals surface area contributed by atoms with Crippen molar-refractivity contribution in [1.29, 1.82) is 0 Å². The van der Waals surface area contributed by atoms with Gasteiger partial charge in [-0.05, 0) is 38.1 Å². The summed E-state index contributed by atoms with van der Waals surface area (Å²) in [6, 6.07) is 5.96. The fourth-order valence-electron chi connectivity index (χ4n) is 1.82. The lowest BCUT2D eigenvalue weighted by Crippen LogP contribution is -2.23. The van der Waals surface area contributed by atoms with E-state index in [1.165, 1.54) is 12.1 Å². The molecule has 5 heteroatoms. The summed E-state index contributed by atoms with van der Waals surface area (Å²) < 4.78 is 19.1. The summed E-state index contributed by atoms with van der Waals surface area (Å²) in [6.45, 7) is 4.05. The first-order valence-electron chi connectivity index (χ1n) is 5.76. The third kappa shape index (κ3) is 3.44. The molecular weight excluding hydrogens is 313 g/mol. The topological polar surface area (TPSA) is 42.2 Å². The van der Waals surface area contributed by atoms with Crippen LogP contribution >= 0.6 is 15.9 Å². The normalized spacial score (nSPS) is 10.5. The van der Waals surface area contributed by atoms with Gasteiger partial charge in [0.25, 0.3) is 5.91 Å². The van der Waals surface area contributed by atoms with Crippen LogP contribution in [0.1, 0.15) is 27.4 Å². The molecule has 0 atom stereocenters. The molecule has 0 aliphatic rings. The van der Waals surface area contributed by atoms with Gasteiger partial charge in [0, 0.05) is 22.1 Å². The standard InChI is InChI=1S/C14H13BrFNO2/c1-8-3-11(9(2)19-8)7-17-14(18)10-4-12(15)6-13(16)5-10/h3-6H,7H2,1-2H3,(H,17,18). The van der Waals surface area contributed by atoms with E-state index in [1.54, 1.807) is 6.07 Å². The molecular formula is C14H13BrFNO2. The number of carbonyl (C=O) groups is 1. The predicted molar refractivity (Wildman–Crippen MR) is 73.5 cm³/mol. The predicted octanol–water partition coefficient (Wildman–Crippen LogP) is 3.73. The summed E-state index contributed by atoms with van der Waals surface area (Å²) in [5.74, 6) is 0.807. The number of furan rings is 1. The van der Waals surface area contributed by atoms with Crippen molar-refractivity contribution in [2.75, 3.05) is 0 Å². The third-order valence-corrected chi connectivity index (χ3v) is 3.17. The minimum absolute atomic E-state index is 0.282. The van der Waals surface area contributed by atoms with Gasteiger partial charge in [-0.1, -0.05) is 15.9 Å². The molecule has 3 nitrogen and oxygen atoms in total. The number of carbonyl (C=O) groups excluding carboxylic acids is 1. The van der Waals surface area contributed by atoms with Gasteiger partial charge in [0.2, 0.25) is 0 Å². The summed E-state index contributed by atoms with van der Waals surface area (Å²) in [5, 5.41) is 2.74. The molecule has 0 aliphatic heterocycles. The average Bonchev–Trinajstić information content (AvgIpc) is 2.63. The Balaban J connectivity index is 2.07. The van der Waals surface area contributed by atoms with Crippen LogP contribution in [0.4, 0.5) is 4.39 Å². The molecule has 1 amide bonds. The van der Waals surface area contributed by atoms with Gasteiger partial charge in [-0.25, -0.2) is 4.39 Å². The molecule has 0 bridgehead atoms. The maximum Gasteiger partial charge on any atom is 0.251 e. The molecule has 0 saturated carbocycles. The van der Waals surface area contributed by atoms with E-state index in [2.05, 4.69) is 21.2 Å². The van der Waals surface area contributed by atoms with Crippen molar-refractivity contribution in [1.82, 2.24) is 5.32 Å². The van der Waals surface area contributed by atoms with Gasteiger partial charge in [-0.15, -0.1) is 0 Å². The number of aryl methyl sites for hydroxylation is 2. The van der Waals surface area contributed by atoms with E-state index >= 15 is 0 Å². The van der Waals surface area contributed by atoms with Crippen LogP contribution in [0.3, 0.4) is 0 Å². The summed E-state index contributed by atoms with van der Waals surface area (Å²) >= 11 is 3.16. The zero-order valence-corrected chi connectivity index (χ0v) is 12.2. The maximum atomic E-state index is 13.2. The summed E-state index contributed by atoms with van der Waals surface area (Å²) in [4.78, 5) is 11.9. The number of hydrogen-bond acceptors (Lipinski definition) is 2. The molecule has 0 radical (unpaired) electrons. The molecule has 0 fully saturated rings. The Labute approximate surface area is 118 Å². The van der Waals surface area contributed by atoms with Crippen LogP contribution in [0.2, 0.25) is 0 Å². The van der Waals surface area contributed by atoms with Crippen LogP contribution in [0.15, 0.2) is 33.2 Å². The fourth-order valence-corrected chi connectivity index (χ4v) is 2.29. The van der Waals surface area contributed by atoms with Crippen LogP contribution in [0, 0.1) is 19.7 Å². The highest BCUT2D eigenvalue weighted by molar-refractivity contribution is 9.10. The largest absolute Gasteiger partial charge is 0.466 e. The van der Waals surface area contributed by atoms with Gasteiger partial charge in [-0.3, -0.25) is 4.79 Å². The molecule has 1 aromatic heterocycles. The molecule has 1 aromatic carbocycles. The number of nitrogens with one attached hydrogen (secondary N) is 1. The highest BCUT2D eigenvalue weighted by atomic mass is 79.9.